The average molecular weight is 266 g/mol. The lowest BCUT2D eigenvalue weighted by Crippen LogP contribution is -2.49. The highest BCUT2D eigenvalue weighted by Gasteiger charge is 2.30. The summed E-state index contributed by atoms with van der Waals surface area (Å²) in [7, 11) is 2.07. The van der Waals surface area contributed by atoms with E-state index in [1.165, 1.54) is 0 Å². The van der Waals surface area contributed by atoms with Gasteiger partial charge in [0.2, 0.25) is 0 Å². The van der Waals surface area contributed by atoms with Gasteiger partial charge in [0.25, 0.3) is 5.91 Å². The number of para-hydroxylation sites is 2. The Morgan fingerprint density at radius 2 is 1.60 bits per heavy atom. The molecule has 0 radical (unpaired) electrons. The Balaban J connectivity index is 2.05. The molecule has 1 unspecified atom stereocenters. The number of benzene rings is 2. The molecule has 1 atom stereocenters. The lowest BCUT2D eigenvalue weighted by molar-refractivity contribution is 0.0978. The van der Waals surface area contributed by atoms with Gasteiger partial charge in [-0.3, -0.25) is 4.79 Å². The average Bonchev–Trinajstić information content (AvgIpc) is 2.48. The number of hydrogen-bond donors (Lipinski definition) is 0. The maximum absolute atomic E-state index is 12.8. The fourth-order valence-electron chi connectivity index (χ4n) is 2.83. The van der Waals surface area contributed by atoms with Crippen molar-refractivity contribution in [3.05, 3.63) is 60.2 Å². The van der Waals surface area contributed by atoms with Gasteiger partial charge in [-0.1, -0.05) is 30.3 Å². The second kappa shape index (κ2) is 5.00. The minimum absolute atomic E-state index is 0.0682. The lowest BCUT2D eigenvalue weighted by Gasteiger charge is -2.40. The Morgan fingerprint density at radius 3 is 2.30 bits per heavy atom. The highest BCUT2D eigenvalue weighted by Crippen LogP contribution is 2.35. The molecule has 1 aliphatic rings. The number of carbonyl (C=O) groups excluding carboxylic acids is 1. The van der Waals surface area contributed by atoms with Gasteiger partial charge >= 0.3 is 0 Å². The third kappa shape index (κ3) is 2.05. The van der Waals surface area contributed by atoms with Gasteiger partial charge in [-0.15, -0.1) is 0 Å². The van der Waals surface area contributed by atoms with Crippen LogP contribution in [-0.4, -0.2) is 25.5 Å². The first-order valence-corrected chi connectivity index (χ1v) is 6.87. The minimum atomic E-state index is 0.0682. The van der Waals surface area contributed by atoms with E-state index in [4.69, 9.17) is 0 Å². The molecule has 20 heavy (non-hydrogen) atoms. The standard InChI is InChI=1S/C17H18N2O/c1-13-12-18(2)15-10-6-7-11-16(15)19(13)17(20)14-8-4-3-5-9-14/h3-11,13H,12H2,1-2H3. The molecule has 2 aromatic carbocycles. The Hall–Kier alpha value is -2.29. The second-order valence-electron chi connectivity index (χ2n) is 5.26. The predicted molar refractivity (Wildman–Crippen MR) is 82.4 cm³/mol. The molecule has 3 nitrogen and oxygen atoms in total. The van der Waals surface area contributed by atoms with Gasteiger partial charge in [0.1, 0.15) is 0 Å². The molecule has 0 saturated carbocycles. The van der Waals surface area contributed by atoms with E-state index in [1.807, 2.05) is 53.4 Å². The number of nitrogens with zero attached hydrogens (tertiary/aromatic N) is 2. The fraction of sp³-hybridized carbons (Fsp3) is 0.235. The van der Waals surface area contributed by atoms with E-state index in [1.54, 1.807) is 0 Å². The van der Waals surface area contributed by atoms with Gasteiger partial charge in [0.05, 0.1) is 17.4 Å². The SMILES string of the molecule is CC1CN(C)c2ccccc2N1C(=O)c1ccccc1. The van der Waals surface area contributed by atoms with E-state index in [0.29, 0.717) is 0 Å². The van der Waals surface area contributed by atoms with Crippen molar-refractivity contribution >= 4 is 17.3 Å². The lowest BCUT2D eigenvalue weighted by atomic mass is 10.1. The fourth-order valence-corrected chi connectivity index (χ4v) is 2.83. The molecule has 0 N–H and O–H groups in total. The zero-order valence-electron chi connectivity index (χ0n) is 11.8. The number of carbonyl (C=O) groups is 1. The van der Waals surface area contributed by atoms with E-state index in [-0.39, 0.29) is 11.9 Å². The smallest absolute Gasteiger partial charge is 0.258 e. The number of fused-ring (bicyclic) bond motifs is 1. The van der Waals surface area contributed by atoms with Crippen LogP contribution in [0.15, 0.2) is 54.6 Å². The third-order valence-electron chi connectivity index (χ3n) is 3.77. The monoisotopic (exact) mass is 266 g/mol. The van der Waals surface area contributed by atoms with E-state index in [2.05, 4.69) is 24.9 Å². The summed E-state index contributed by atoms with van der Waals surface area (Å²) in [6, 6.07) is 17.7. The zero-order valence-corrected chi connectivity index (χ0v) is 11.8. The van der Waals surface area contributed by atoms with Crippen LogP contribution < -0.4 is 9.80 Å². The number of anilines is 2. The zero-order chi connectivity index (χ0) is 14.1. The van der Waals surface area contributed by atoms with E-state index < -0.39 is 0 Å². The van der Waals surface area contributed by atoms with Gasteiger partial charge in [0, 0.05) is 19.2 Å². The van der Waals surface area contributed by atoms with Gasteiger partial charge < -0.3 is 9.80 Å². The molecule has 102 valence electrons. The Morgan fingerprint density at radius 1 is 1.00 bits per heavy atom. The van der Waals surface area contributed by atoms with Crippen LogP contribution >= 0.6 is 0 Å². The van der Waals surface area contributed by atoms with Crippen molar-refractivity contribution in [1.82, 2.24) is 0 Å². The molecule has 1 aliphatic heterocycles. The maximum Gasteiger partial charge on any atom is 0.258 e. The molecule has 1 amide bonds. The first-order valence-electron chi connectivity index (χ1n) is 6.87. The normalized spacial score (nSPS) is 17.8. The van der Waals surface area contributed by atoms with Crippen LogP contribution in [0.4, 0.5) is 11.4 Å². The molecule has 2 aromatic rings. The van der Waals surface area contributed by atoms with E-state index >= 15 is 0 Å². The van der Waals surface area contributed by atoms with Crippen LogP contribution in [0.25, 0.3) is 0 Å². The summed E-state index contributed by atoms with van der Waals surface area (Å²) >= 11 is 0. The van der Waals surface area contributed by atoms with Crippen molar-refractivity contribution in [2.45, 2.75) is 13.0 Å². The summed E-state index contributed by atoms with van der Waals surface area (Å²) in [6.45, 7) is 2.93. The Bertz CT molecular complexity index is 624. The topological polar surface area (TPSA) is 23.6 Å². The number of likely N-dealkylation sites (N-methyl/N-ethyl adjacent to an activating group) is 1. The Labute approximate surface area is 119 Å². The van der Waals surface area contributed by atoms with Gasteiger partial charge in [-0.25, -0.2) is 0 Å². The van der Waals surface area contributed by atoms with E-state index in [9.17, 15) is 4.79 Å². The minimum Gasteiger partial charge on any atom is -0.371 e. The van der Waals surface area contributed by atoms with Crippen molar-refractivity contribution in [1.29, 1.82) is 0 Å². The number of hydrogen-bond acceptors (Lipinski definition) is 2. The molecular formula is C17H18N2O. The summed E-state index contributed by atoms with van der Waals surface area (Å²) in [5, 5.41) is 0. The quantitative estimate of drug-likeness (QED) is 0.791. The molecule has 0 fully saturated rings. The van der Waals surface area contributed by atoms with Crippen molar-refractivity contribution in [2.75, 3.05) is 23.4 Å². The highest BCUT2D eigenvalue weighted by molar-refractivity contribution is 6.08. The van der Waals surface area contributed by atoms with Crippen LogP contribution in [0.2, 0.25) is 0 Å². The maximum atomic E-state index is 12.8. The third-order valence-corrected chi connectivity index (χ3v) is 3.77. The van der Waals surface area contributed by atoms with Gasteiger partial charge in [-0.05, 0) is 31.2 Å². The van der Waals surface area contributed by atoms with Crippen molar-refractivity contribution in [3.8, 4) is 0 Å². The van der Waals surface area contributed by atoms with Crippen molar-refractivity contribution in [2.24, 2.45) is 0 Å². The number of amides is 1. The highest BCUT2D eigenvalue weighted by atomic mass is 16.2. The summed E-state index contributed by atoms with van der Waals surface area (Å²) in [6.07, 6.45) is 0. The van der Waals surface area contributed by atoms with E-state index in [0.717, 1.165) is 23.5 Å². The Kier molecular flexibility index (Phi) is 3.18. The van der Waals surface area contributed by atoms with Crippen LogP contribution in [0.3, 0.4) is 0 Å². The summed E-state index contributed by atoms with van der Waals surface area (Å²) in [4.78, 5) is 16.9. The first kappa shape index (κ1) is 12.7. The second-order valence-corrected chi connectivity index (χ2v) is 5.26. The predicted octanol–water partition coefficient (Wildman–Crippen LogP) is 3.17. The number of rotatable bonds is 1. The molecular weight excluding hydrogens is 248 g/mol. The van der Waals surface area contributed by atoms with Crippen LogP contribution in [0.1, 0.15) is 17.3 Å². The molecule has 0 saturated heterocycles. The van der Waals surface area contributed by atoms with Crippen molar-refractivity contribution < 1.29 is 4.79 Å². The molecule has 0 aromatic heterocycles. The molecule has 0 bridgehead atoms. The molecule has 0 aliphatic carbocycles. The summed E-state index contributed by atoms with van der Waals surface area (Å²) in [5.41, 5.74) is 2.83. The molecule has 0 spiro atoms. The first-order chi connectivity index (χ1) is 9.68. The van der Waals surface area contributed by atoms with Crippen molar-refractivity contribution in [3.63, 3.8) is 0 Å². The molecule has 1 heterocycles. The summed E-state index contributed by atoms with van der Waals surface area (Å²) in [5.74, 6) is 0.0682. The summed E-state index contributed by atoms with van der Waals surface area (Å²) < 4.78 is 0. The van der Waals surface area contributed by atoms with Gasteiger partial charge in [0.15, 0.2) is 0 Å². The van der Waals surface area contributed by atoms with Crippen LogP contribution in [-0.2, 0) is 0 Å². The molecule has 3 heteroatoms. The molecule has 3 rings (SSSR count). The van der Waals surface area contributed by atoms with Crippen LogP contribution in [0.5, 0.6) is 0 Å². The van der Waals surface area contributed by atoms with Gasteiger partial charge in [-0.2, -0.15) is 0 Å². The van der Waals surface area contributed by atoms with Crippen LogP contribution in [0, 0.1) is 0 Å². The largest absolute Gasteiger partial charge is 0.371 e.